The first-order valence-electron chi connectivity index (χ1n) is 4.67. The van der Waals surface area contributed by atoms with Gasteiger partial charge in [0.05, 0.1) is 0 Å². The first-order valence-corrected chi connectivity index (χ1v) is 4.67. The molecule has 0 amide bonds. The summed E-state index contributed by atoms with van der Waals surface area (Å²) in [6.07, 6.45) is 5.43. The Labute approximate surface area is 90.0 Å². The zero-order chi connectivity index (χ0) is 11.1. The molecule has 1 aromatic carbocycles. The number of nitrogens with one attached hydrogen (secondary N) is 1. The third-order valence-corrected chi connectivity index (χ3v) is 1.85. The average Bonchev–Trinajstić information content (AvgIpc) is 2.24. The van der Waals surface area contributed by atoms with Gasteiger partial charge in [-0.05, 0) is 37.9 Å². The Kier molecular flexibility index (Phi) is 4.16. The van der Waals surface area contributed by atoms with Gasteiger partial charge in [-0.3, -0.25) is 4.99 Å². The van der Waals surface area contributed by atoms with E-state index in [9.17, 15) is 0 Å². The van der Waals surface area contributed by atoms with Crippen molar-refractivity contribution < 1.29 is 0 Å². The van der Waals surface area contributed by atoms with E-state index in [-0.39, 0.29) is 0 Å². The molecular formula is C12H15N3. The molecule has 1 aromatic rings. The summed E-state index contributed by atoms with van der Waals surface area (Å²) in [6.45, 7) is 5.32. The topological polar surface area (TPSA) is 50.4 Å². The zero-order valence-corrected chi connectivity index (χ0v) is 8.77. The monoisotopic (exact) mass is 201 g/mol. The van der Waals surface area contributed by atoms with Crippen LogP contribution in [0, 0.1) is 0 Å². The Hall–Kier alpha value is -2.03. The van der Waals surface area contributed by atoms with Crippen LogP contribution in [0.5, 0.6) is 0 Å². The molecule has 0 radical (unpaired) electrons. The molecule has 0 unspecified atom stereocenters. The quantitative estimate of drug-likeness (QED) is 0.447. The van der Waals surface area contributed by atoms with Crippen molar-refractivity contribution in [1.29, 1.82) is 0 Å². The molecule has 0 aromatic heterocycles. The summed E-state index contributed by atoms with van der Waals surface area (Å²) in [4.78, 5) is 3.65. The fourth-order valence-corrected chi connectivity index (χ4v) is 1.13. The summed E-state index contributed by atoms with van der Waals surface area (Å²) >= 11 is 0. The number of nitrogens with two attached hydrogens (primary N) is 1. The van der Waals surface area contributed by atoms with Gasteiger partial charge in [-0.2, -0.15) is 0 Å². The Balaban J connectivity index is 2.76. The van der Waals surface area contributed by atoms with Crippen molar-refractivity contribution in [2.75, 3.05) is 11.1 Å². The highest BCUT2D eigenvalue weighted by Crippen LogP contribution is 2.14. The molecule has 78 valence electrons. The highest BCUT2D eigenvalue weighted by molar-refractivity contribution is 5.57. The molecule has 15 heavy (non-hydrogen) atoms. The molecule has 0 heterocycles. The third kappa shape index (κ3) is 3.68. The third-order valence-electron chi connectivity index (χ3n) is 1.85. The second kappa shape index (κ2) is 5.65. The minimum atomic E-state index is 0.737. The van der Waals surface area contributed by atoms with Gasteiger partial charge in [0.15, 0.2) is 0 Å². The van der Waals surface area contributed by atoms with Crippen LogP contribution >= 0.6 is 0 Å². The number of hydrogen-bond acceptors (Lipinski definition) is 3. The average molecular weight is 201 g/mol. The predicted octanol–water partition coefficient (Wildman–Crippen LogP) is 2.80. The van der Waals surface area contributed by atoms with E-state index in [1.54, 1.807) is 6.20 Å². The molecule has 0 aliphatic heterocycles. The van der Waals surface area contributed by atoms with Crippen molar-refractivity contribution in [3.8, 4) is 0 Å². The van der Waals surface area contributed by atoms with Crippen LogP contribution in [-0.4, -0.2) is 6.72 Å². The lowest BCUT2D eigenvalue weighted by Gasteiger charge is -2.06. The summed E-state index contributed by atoms with van der Waals surface area (Å²) in [5.74, 6) is 0. The number of benzene rings is 1. The van der Waals surface area contributed by atoms with E-state index < -0.39 is 0 Å². The van der Waals surface area contributed by atoms with Crippen LogP contribution in [0.1, 0.15) is 6.92 Å². The summed E-state index contributed by atoms with van der Waals surface area (Å²) < 4.78 is 0. The van der Waals surface area contributed by atoms with Gasteiger partial charge in [0, 0.05) is 23.3 Å². The first kappa shape index (κ1) is 11.0. The van der Waals surface area contributed by atoms with Crippen molar-refractivity contribution in [3.63, 3.8) is 0 Å². The van der Waals surface area contributed by atoms with Crippen LogP contribution in [0.2, 0.25) is 0 Å². The smallest absolute Gasteiger partial charge is 0.0404 e. The maximum absolute atomic E-state index is 5.67. The van der Waals surface area contributed by atoms with Gasteiger partial charge in [0.25, 0.3) is 0 Å². The molecule has 0 atom stereocenters. The van der Waals surface area contributed by atoms with Gasteiger partial charge < -0.3 is 11.1 Å². The Morgan fingerprint density at radius 3 is 2.93 bits per heavy atom. The molecule has 0 aliphatic carbocycles. The molecule has 0 spiro atoms. The Morgan fingerprint density at radius 2 is 2.33 bits per heavy atom. The van der Waals surface area contributed by atoms with Crippen LogP contribution in [-0.2, 0) is 0 Å². The van der Waals surface area contributed by atoms with Crippen LogP contribution < -0.4 is 11.1 Å². The van der Waals surface area contributed by atoms with E-state index in [0.29, 0.717) is 0 Å². The summed E-state index contributed by atoms with van der Waals surface area (Å²) in [5.41, 5.74) is 8.31. The van der Waals surface area contributed by atoms with Crippen LogP contribution in [0.25, 0.3) is 0 Å². The second-order valence-electron chi connectivity index (χ2n) is 2.99. The molecule has 0 aliphatic rings. The van der Waals surface area contributed by atoms with Crippen molar-refractivity contribution in [2.45, 2.75) is 6.92 Å². The Bertz CT molecular complexity index is 392. The second-order valence-corrected chi connectivity index (χ2v) is 2.99. The maximum Gasteiger partial charge on any atom is 0.0404 e. The van der Waals surface area contributed by atoms with E-state index in [2.05, 4.69) is 17.0 Å². The number of hydrogen-bond donors (Lipinski definition) is 2. The largest absolute Gasteiger partial charge is 0.399 e. The molecule has 0 saturated carbocycles. The van der Waals surface area contributed by atoms with Crippen LogP contribution in [0.3, 0.4) is 0 Å². The number of rotatable bonds is 4. The molecule has 3 nitrogen and oxygen atoms in total. The van der Waals surface area contributed by atoms with Gasteiger partial charge in [-0.25, -0.2) is 0 Å². The van der Waals surface area contributed by atoms with E-state index in [1.807, 2.05) is 43.3 Å². The lowest BCUT2D eigenvalue weighted by molar-refractivity contribution is 1.42. The minimum absolute atomic E-state index is 0.737. The van der Waals surface area contributed by atoms with E-state index in [0.717, 1.165) is 17.1 Å². The number of anilines is 2. The lowest BCUT2D eigenvalue weighted by Crippen LogP contribution is -1.97. The number of nitrogens with zero attached hydrogens (tertiary/aromatic N) is 1. The molecule has 0 saturated heterocycles. The van der Waals surface area contributed by atoms with Crippen molar-refractivity contribution >= 4 is 18.1 Å². The standard InChI is InChI=1S/C12H15N3/c1-3-11(7-8-14-2)15-12-6-4-5-10(13)9-12/h3-9,15H,2,13H2,1H3/b8-7-,11-3+. The highest BCUT2D eigenvalue weighted by Gasteiger charge is 1.93. The number of aliphatic imine (C=N–C) groups is 1. The zero-order valence-electron chi connectivity index (χ0n) is 8.77. The molecular weight excluding hydrogens is 186 g/mol. The normalized spacial score (nSPS) is 11.7. The summed E-state index contributed by atoms with van der Waals surface area (Å²) in [6, 6.07) is 7.58. The SMILES string of the molecule is C=N/C=C\C(=C/C)Nc1cccc(N)c1. The van der Waals surface area contributed by atoms with Crippen molar-refractivity contribution in [1.82, 2.24) is 0 Å². The molecule has 3 N–H and O–H groups in total. The molecule has 0 bridgehead atoms. The van der Waals surface area contributed by atoms with E-state index in [1.165, 1.54) is 0 Å². The van der Waals surface area contributed by atoms with E-state index in [4.69, 9.17) is 5.73 Å². The van der Waals surface area contributed by atoms with Crippen LogP contribution in [0.15, 0.2) is 53.3 Å². The van der Waals surface area contributed by atoms with Gasteiger partial charge >= 0.3 is 0 Å². The minimum Gasteiger partial charge on any atom is -0.399 e. The molecule has 0 fully saturated rings. The number of allylic oxidation sites excluding steroid dienone is 2. The molecule has 1 rings (SSSR count). The predicted molar refractivity (Wildman–Crippen MR) is 66.9 cm³/mol. The lowest BCUT2D eigenvalue weighted by atomic mass is 10.2. The van der Waals surface area contributed by atoms with Crippen molar-refractivity contribution in [3.05, 3.63) is 48.3 Å². The van der Waals surface area contributed by atoms with Crippen molar-refractivity contribution in [2.24, 2.45) is 4.99 Å². The maximum atomic E-state index is 5.67. The van der Waals surface area contributed by atoms with Gasteiger partial charge in [0.2, 0.25) is 0 Å². The van der Waals surface area contributed by atoms with E-state index >= 15 is 0 Å². The summed E-state index contributed by atoms with van der Waals surface area (Å²) in [5, 5.41) is 3.21. The fourth-order valence-electron chi connectivity index (χ4n) is 1.13. The highest BCUT2D eigenvalue weighted by atomic mass is 14.9. The fraction of sp³-hybridized carbons (Fsp3) is 0.0833. The van der Waals surface area contributed by atoms with Gasteiger partial charge in [0.1, 0.15) is 0 Å². The summed E-state index contributed by atoms with van der Waals surface area (Å²) in [7, 11) is 0. The van der Waals surface area contributed by atoms with Gasteiger partial charge in [-0.1, -0.05) is 12.1 Å². The first-order chi connectivity index (χ1) is 7.26. The van der Waals surface area contributed by atoms with Crippen LogP contribution in [0.4, 0.5) is 11.4 Å². The molecule has 3 heteroatoms. The number of nitrogen functional groups attached to an aromatic ring is 1. The Morgan fingerprint density at radius 1 is 1.53 bits per heavy atom. The van der Waals surface area contributed by atoms with Gasteiger partial charge in [-0.15, -0.1) is 0 Å².